The largest absolute Gasteiger partial charge is 0.385 e. The fourth-order valence-electron chi connectivity index (χ4n) is 1.71. The lowest BCUT2D eigenvalue weighted by molar-refractivity contribution is -0.137. The molecule has 2 rings (SSSR count). The summed E-state index contributed by atoms with van der Waals surface area (Å²) >= 11 is 0. The molecule has 0 aromatic heterocycles. The average Bonchev–Trinajstić information content (AvgIpc) is 2.59. The Balaban J connectivity index is 1.76. The number of benzene rings is 1. The third-order valence-electron chi connectivity index (χ3n) is 2.68. The zero-order valence-corrected chi connectivity index (χ0v) is 9.20. The molecule has 0 bridgehead atoms. The minimum Gasteiger partial charge on any atom is -0.385 e. The second-order valence-corrected chi connectivity index (χ2v) is 4.00. The Morgan fingerprint density at radius 1 is 1.24 bits per heavy atom. The highest BCUT2D eigenvalue weighted by Crippen LogP contribution is 2.22. The zero-order chi connectivity index (χ0) is 12.3. The molecular weight excluding hydrogens is 227 g/mol. The first kappa shape index (κ1) is 12.4. The standard InChI is InChI=1S/C12H15FO4/c13-10-9(17-12(15)11(10)14)7-16-6-8-4-2-1-3-5-8/h1-5,9-12,14-15H,6-7H2. The van der Waals surface area contributed by atoms with E-state index in [1.807, 2.05) is 30.3 Å². The highest BCUT2D eigenvalue weighted by Gasteiger charge is 2.43. The lowest BCUT2D eigenvalue weighted by Crippen LogP contribution is -2.30. The van der Waals surface area contributed by atoms with E-state index in [2.05, 4.69) is 0 Å². The molecule has 4 atom stereocenters. The van der Waals surface area contributed by atoms with Crippen LogP contribution in [-0.4, -0.2) is 41.5 Å². The van der Waals surface area contributed by atoms with Gasteiger partial charge < -0.3 is 19.7 Å². The van der Waals surface area contributed by atoms with Crippen LogP contribution >= 0.6 is 0 Å². The van der Waals surface area contributed by atoms with E-state index in [0.717, 1.165) is 5.56 Å². The molecule has 1 aliphatic rings. The van der Waals surface area contributed by atoms with Gasteiger partial charge in [0.2, 0.25) is 0 Å². The quantitative estimate of drug-likeness (QED) is 0.812. The van der Waals surface area contributed by atoms with Gasteiger partial charge in [0.15, 0.2) is 12.5 Å². The molecule has 1 aromatic rings. The average molecular weight is 242 g/mol. The number of hydrogen-bond acceptors (Lipinski definition) is 4. The predicted octanol–water partition coefficient (Wildman–Crippen LogP) is 0.619. The fourth-order valence-corrected chi connectivity index (χ4v) is 1.71. The van der Waals surface area contributed by atoms with Crippen molar-refractivity contribution in [2.24, 2.45) is 0 Å². The maximum absolute atomic E-state index is 13.3. The number of hydrogen-bond donors (Lipinski definition) is 2. The van der Waals surface area contributed by atoms with Crippen molar-refractivity contribution in [2.45, 2.75) is 31.3 Å². The third kappa shape index (κ3) is 3.01. The van der Waals surface area contributed by atoms with Gasteiger partial charge in [-0.25, -0.2) is 4.39 Å². The van der Waals surface area contributed by atoms with Crippen LogP contribution in [0.25, 0.3) is 0 Å². The number of alkyl halides is 1. The molecule has 94 valence electrons. The molecule has 4 unspecified atom stereocenters. The molecule has 1 aliphatic heterocycles. The van der Waals surface area contributed by atoms with Gasteiger partial charge in [-0.2, -0.15) is 0 Å². The molecule has 4 nitrogen and oxygen atoms in total. The van der Waals surface area contributed by atoms with Gasteiger partial charge in [-0.05, 0) is 5.56 Å². The summed E-state index contributed by atoms with van der Waals surface area (Å²) < 4.78 is 23.5. The number of aliphatic hydroxyl groups excluding tert-OH is 2. The first-order valence-corrected chi connectivity index (χ1v) is 5.46. The Kier molecular flexibility index (Phi) is 4.06. The van der Waals surface area contributed by atoms with Crippen LogP contribution in [0.1, 0.15) is 5.56 Å². The summed E-state index contributed by atoms with van der Waals surface area (Å²) in [4.78, 5) is 0. The number of halogens is 1. The highest BCUT2D eigenvalue weighted by atomic mass is 19.1. The van der Waals surface area contributed by atoms with Gasteiger partial charge in [0.05, 0.1) is 13.2 Å². The van der Waals surface area contributed by atoms with Crippen LogP contribution in [0.4, 0.5) is 4.39 Å². The molecule has 17 heavy (non-hydrogen) atoms. The number of rotatable bonds is 4. The van der Waals surface area contributed by atoms with E-state index in [-0.39, 0.29) is 6.61 Å². The Hall–Kier alpha value is -1.01. The Labute approximate surface area is 98.6 Å². The Morgan fingerprint density at radius 3 is 2.53 bits per heavy atom. The zero-order valence-electron chi connectivity index (χ0n) is 9.20. The van der Waals surface area contributed by atoms with Crippen molar-refractivity contribution < 1.29 is 24.1 Å². The lowest BCUT2D eigenvalue weighted by Gasteiger charge is -2.12. The van der Waals surface area contributed by atoms with Crippen LogP contribution in [0.2, 0.25) is 0 Å². The van der Waals surface area contributed by atoms with Crippen LogP contribution in [0.3, 0.4) is 0 Å². The molecule has 1 fully saturated rings. The van der Waals surface area contributed by atoms with Crippen molar-refractivity contribution >= 4 is 0 Å². The van der Waals surface area contributed by atoms with Gasteiger partial charge in [0.1, 0.15) is 12.2 Å². The number of aliphatic hydroxyl groups is 2. The molecule has 0 aliphatic carbocycles. The topological polar surface area (TPSA) is 58.9 Å². The molecule has 2 N–H and O–H groups in total. The van der Waals surface area contributed by atoms with Gasteiger partial charge >= 0.3 is 0 Å². The Bertz CT molecular complexity index is 346. The summed E-state index contributed by atoms with van der Waals surface area (Å²) in [6.45, 7) is 0.351. The van der Waals surface area contributed by atoms with Crippen molar-refractivity contribution in [3.63, 3.8) is 0 Å². The van der Waals surface area contributed by atoms with Crippen molar-refractivity contribution in [1.82, 2.24) is 0 Å². The van der Waals surface area contributed by atoms with Gasteiger partial charge in [-0.15, -0.1) is 0 Å². The van der Waals surface area contributed by atoms with Crippen LogP contribution in [0, 0.1) is 0 Å². The molecule has 0 saturated carbocycles. The van der Waals surface area contributed by atoms with Crippen LogP contribution in [0.15, 0.2) is 30.3 Å². The molecule has 0 spiro atoms. The molecule has 1 saturated heterocycles. The molecule has 1 aromatic carbocycles. The van der Waals surface area contributed by atoms with E-state index in [1.165, 1.54) is 0 Å². The third-order valence-corrected chi connectivity index (χ3v) is 2.68. The van der Waals surface area contributed by atoms with E-state index < -0.39 is 24.7 Å². The van der Waals surface area contributed by atoms with Gasteiger partial charge in [-0.3, -0.25) is 0 Å². The smallest absolute Gasteiger partial charge is 0.184 e. The van der Waals surface area contributed by atoms with Gasteiger partial charge in [0, 0.05) is 0 Å². The lowest BCUT2D eigenvalue weighted by atomic mass is 10.2. The van der Waals surface area contributed by atoms with Gasteiger partial charge in [-0.1, -0.05) is 30.3 Å². The molecule has 0 radical (unpaired) electrons. The van der Waals surface area contributed by atoms with Crippen LogP contribution in [-0.2, 0) is 16.1 Å². The predicted molar refractivity (Wildman–Crippen MR) is 57.9 cm³/mol. The monoisotopic (exact) mass is 242 g/mol. The summed E-state index contributed by atoms with van der Waals surface area (Å²) in [5, 5.41) is 18.2. The maximum Gasteiger partial charge on any atom is 0.184 e. The maximum atomic E-state index is 13.3. The fraction of sp³-hybridized carbons (Fsp3) is 0.500. The summed E-state index contributed by atoms with van der Waals surface area (Å²) in [5.74, 6) is 0. The van der Waals surface area contributed by atoms with Crippen molar-refractivity contribution in [3.05, 3.63) is 35.9 Å². The molecule has 1 heterocycles. The van der Waals surface area contributed by atoms with E-state index in [9.17, 15) is 4.39 Å². The van der Waals surface area contributed by atoms with Crippen molar-refractivity contribution in [3.8, 4) is 0 Å². The minimum absolute atomic E-state index is 0.00415. The first-order chi connectivity index (χ1) is 8.18. The van der Waals surface area contributed by atoms with Gasteiger partial charge in [0.25, 0.3) is 0 Å². The molecule has 0 amide bonds. The SMILES string of the molecule is OC1OC(COCc2ccccc2)C(F)C1O. The second kappa shape index (κ2) is 5.55. The summed E-state index contributed by atoms with van der Waals surface area (Å²) in [7, 11) is 0. The molecular formula is C12H15FO4. The first-order valence-electron chi connectivity index (χ1n) is 5.46. The summed E-state index contributed by atoms with van der Waals surface area (Å²) in [6, 6.07) is 9.46. The second-order valence-electron chi connectivity index (χ2n) is 4.00. The normalized spacial score (nSPS) is 32.9. The number of ether oxygens (including phenoxy) is 2. The Morgan fingerprint density at radius 2 is 1.94 bits per heavy atom. The van der Waals surface area contributed by atoms with E-state index in [0.29, 0.717) is 6.61 Å². The molecule has 5 heteroatoms. The van der Waals surface area contributed by atoms with Crippen LogP contribution < -0.4 is 0 Å². The minimum atomic E-state index is -1.61. The van der Waals surface area contributed by atoms with E-state index >= 15 is 0 Å². The van der Waals surface area contributed by atoms with Crippen molar-refractivity contribution in [1.29, 1.82) is 0 Å². The van der Waals surface area contributed by atoms with E-state index in [1.54, 1.807) is 0 Å². The van der Waals surface area contributed by atoms with Crippen molar-refractivity contribution in [2.75, 3.05) is 6.61 Å². The summed E-state index contributed by atoms with van der Waals surface area (Å²) in [5.41, 5.74) is 0.974. The van der Waals surface area contributed by atoms with E-state index in [4.69, 9.17) is 19.7 Å². The van der Waals surface area contributed by atoms with Crippen LogP contribution in [0.5, 0.6) is 0 Å². The highest BCUT2D eigenvalue weighted by molar-refractivity contribution is 5.13. The summed E-state index contributed by atoms with van der Waals surface area (Å²) in [6.07, 6.45) is -5.47.